The van der Waals surface area contributed by atoms with Crippen LogP contribution >= 0.6 is 0 Å². The molecule has 3 rings (SSSR count). The Hall–Kier alpha value is -1.10. The lowest BCUT2D eigenvalue weighted by Gasteiger charge is -2.36. The molecule has 134 valence electrons. The fraction of sp³-hybridized carbons (Fsp3) is 0.700. The molecule has 24 heavy (non-hydrogen) atoms. The van der Waals surface area contributed by atoms with Crippen molar-refractivity contribution in [3.63, 3.8) is 0 Å². The van der Waals surface area contributed by atoms with Gasteiger partial charge in [0.25, 0.3) is 0 Å². The number of hydrogen-bond donors (Lipinski definition) is 0. The summed E-state index contributed by atoms with van der Waals surface area (Å²) >= 11 is 0. The summed E-state index contributed by atoms with van der Waals surface area (Å²) in [7, 11) is 0. The van der Waals surface area contributed by atoms with Crippen molar-refractivity contribution in [2.75, 3.05) is 76.9 Å². The third-order valence-electron chi connectivity index (χ3n) is 5.76. The zero-order chi connectivity index (χ0) is 16.8. The number of piperazine rings is 1. The number of anilines is 1. The fourth-order valence-electron chi connectivity index (χ4n) is 3.96. The Labute approximate surface area is 148 Å². The highest BCUT2D eigenvalue weighted by molar-refractivity contribution is 5.57. The Kier molecular flexibility index (Phi) is 6.52. The van der Waals surface area contributed by atoms with Crippen LogP contribution in [0, 0.1) is 0 Å². The minimum atomic E-state index is 1.17. The van der Waals surface area contributed by atoms with Crippen LogP contribution in [0.3, 0.4) is 0 Å². The zero-order valence-electron chi connectivity index (χ0n) is 15.6. The van der Waals surface area contributed by atoms with Gasteiger partial charge in [-0.2, -0.15) is 0 Å². The Morgan fingerprint density at radius 3 is 2.21 bits per heavy atom. The van der Waals surface area contributed by atoms with Crippen molar-refractivity contribution in [3.05, 3.63) is 29.8 Å². The van der Waals surface area contributed by atoms with Crippen LogP contribution in [0.25, 0.3) is 0 Å². The van der Waals surface area contributed by atoms with E-state index in [0.29, 0.717) is 0 Å². The molecule has 1 fully saturated rings. The molecule has 0 saturated carbocycles. The van der Waals surface area contributed by atoms with E-state index in [4.69, 9.17) is 0 Å². The van der Waals surface area contributed by atoms with E-state index >= 15 is 0 Å². The van der Waals surface area contributed by atoms with Gasteiger partial charge in [0.05, 0.1) is 0 Å². The van der Waals surface area contributed by atoms with Crippen molar-refractivity contribution in [1.82, 2.24) is 14.7 Å². The Bertz CT molecular complexity index is 492. The van der Waals surface area contributed by atoms with Crippen molar-refractivity contribution < 1.29 is 0 Å². The van der Waals surface area contributed by atoms with Gasteiger partial charge in [0, 0.05) is 64.6 Å². The lowest BCUT2D eigenvalue weighted by Crippen LogP contribution is -2.50. The average molecular weight is 331 g/mol. The maximum Gasteiger partial charge on any atom is 0.0399 e. The van der Waals surface area contributed by atoms with Crippen LogP contribution in [-0.2, 0) is 6.42 Å². The third-order valence-corrected chi connectivity index (χ3v) is 5.76. The number of nitrogens with zero attached hydrogens (tertiary/aromatic N) is 4. The molecule has 1 aromatic rings. The Morgan fingerprint density at radius 2 is 1.50 bits per heavy atom. The second-order valence-corrected chi connectivity index (χ2v) is 7.08. The highest BCUT2D eigenvalue weighted by Crippen LogP contribution is 2.26. The number of fused-ring (bicyclic) bond motifs is 1. The predicted molar refractivity (Wildman–Crippen MR) is 103 cm³/mol. The van der Waals surface area contributed by atoms with Crippen LogP contribution in [0.4, 0.5) is 5.69 Å². The fourth-order valence-corrected chi connectivity index (χ4v) is 3.96. The maximum atomic E-state index is 2.65. The molecule has 1 aromatic carbocycles. The largest absolute Gasteiger partial charge is 0.370 e. The van der Waals surface area contributed by atoms with Gasteiger partial charge < -0.3 is 9.80 Å². The Balaban J connectivity index is 1.36. The topological polar surface area (TPSA) is 13.0 Å². The van der Waals surface area contributed by atoms with Crippen molar-refractivity contribution in [3.8, 4) is 0 Å². The summed E-state index contributed by atoms with van der Waals surface area (Å²) < 4.78 is 0. The summed E-state index contributed by atoms with van der Waals surface area (Å²) in [6.45, 7) is 17.8. The van der Waals surface area contributed by atoms with Crippen molar-refractivity contribution in [2.45, 2.75) is 20.3 Å². The third kappa shape index (κ3) is 4.50. The predicted octanol–water partition coefficient (Wildman–Crippen LogP) is 2.01. The molecule has 1 saturated heterocycles. The molecule has 0 N–H and O–H groups in total. The summed E-state index contributed by atoms with van der Waals surface area (Å²) in [5.41, 5.74) is 2.99. The summed E-state index contributed by atoms with van der Waals surface area (Å²) in [5.74, 6) is 0. The van der Waals surface area contributed by atoms with Gasteiger partial charge in [-0.1, -0.05) is 32.0 Å². The lowest BCUT2D eigenvalue weighted by molar-refractivity contribution is 0.122. The van der Waals surface area contributed by atoms with Crippen LogP contribution in [0.15, 0.2) is 24.3 Å². The number of rotatable bonds is 8. The molecule has 4 nitrogen and oxygen atoms in total. The van der Waals surface area contributed by atoms with E-state index in [-0.39, 0.29) is 0 Å². The second kappa shape index (κ2) is 8.84. The average Bonchev–Trinajstić information content (AvgIpc) is 3.05. The molecule has 2 aliphatic rings. The molecular formula is C20H34N4. The Morgan fingerprint density at radius 1 is 0.833 bits per heavy atom. The van der Waals surface area contributed by atoms with Crippen molar-refractivity contribution >= 4 is 5.69 Å². The maximum absolute atomic E-state index is 2.65. The highest BCUT2D eigenvalue weighted by atomic mass is 15.3. The zero-order valence-corrected chi connectivity index (χ0v) is 15.6. The molecule has 2 aliphatic heterocycles. The van der Waals surface area contributed by atoms with Crippen LogP contribution in [0.2, 0.25) is 0 Å². The van der Waals surface area contributed by atoms with Crippen molar-refractivity contribution in [1.29, 1.82) is 0 Å². The lowest BCUT2D eigenvalue weighted by atomic mass is 10.2. The smallest absolute Gasteiger partial charge is 0.0399 e. The van der Waals surface area contributed by atoms with Gasteiger partial charge in [0.2, 0.25) is 0 Å². The monoisotopic (exact) mass is 330 g/mol. The van der Waals surface area contributed by atoms with E-state index in [1.165, 1.54) is 89.7 Å². The van der Waals surface area contributed by atoms with E-state index in [0.717, 1.165) is 0 Å². The highest BCUT2D eigenvalue weighted by Gasteiger charge is 2.21. The molecule has 0 unspecified atom stereocenters. The standard InChI is InChI=1S/C20H34N4/c1-3-21(4-2)11-12-22-13-15-23(16-14-22)17-18-24-10-9-19-7-5-6-8-20(19)24/h5-8H,3-4,9-18H2,1-2H3. The SMILES string of the molecule is CCN(CC)CCN1CCN(CCN2CCc3ccccc32)CC1. The van der Waals surface area contributed by atoms with Crippen LogP contribution in [0.5, 0.6) is 0 Å². The van der Waals surface area contributed by atoms with Crippen molar-refractivity contribution in [2.24, 2.45) is 0 Å². The molecular weight excluding hydrogens is 296 g/mol. The first-order valence-electron chi connectivity index (χ1n) is 9.80. The number of likely N-dealkylation sites (N-methyl/N-ethyl adjacent to an activating group) is 1. The first kappa shape index (κ1) is 17.7. The van der Waals surface area contributed by atoms with E-state index < -0.39 is 0 Å². The number of hydrogen-bond acceptors (Lipinski definition) is 4. The molecule has 0 radical (unpaired) electrons. The van der Waals surface area contributed by atoms with Gasteiger partial charge in [-0.3, -0.25) is 9.80 Å². The van der Waals surface area contributed by atoms with Gasteiger partial charge in [-0.05, 0) is 31.1 Å². The van der Waals surface area contributed by atoms with Gasteiger partial charge >= 0.3 is 0 Å². The normalized spacial score (nSPS) is 19.2. The summed E-state index contributed by atoms with van der Waals surface area (Å²) in [4.78, 5) is 10.4. The van der Waals surface area contributed by atoms with Gasteiger partial charge in [-0.25, -0.2) is 0 Å². The molecule has 0 bridgehead atoms. The minimum absolute atomic E-state index is 1.17. The molecule has 0 amide bonds. The molecule has 0 atom stereocenters. The van der Waals surface area contributed by atoms with Crippen LogP contribution in [-0.4, -0.2) is 86.7 Å². The molecule has 0 aliphatic carbocycles. The first-order chi connectivity index (χ1) is 11.8. The van der Waals surface area contributed by atoms with Gasteiger partial charge in [-0.15, -0.1) is 0 Å². The van der Waals surface area contributed by atoms with E-state index in [1.54, 1.807) is 0 Å². The van der Waals surface area contributed by atoms with Crippen LogP contribution in [0.1, 0.15) is 19.4 Å². The molecule has 0 spiro atoms. The van der Waals surface area contributed by atoms with E-state index in [1.807, 2.05) is 0 Å². The van der Waals surface area contributed by atoms with E-state index in [2.05, 4.69) is 57.7 Å². The summed E-state index contributed by atoms with van der Waals surface area (Å²) in [5, 5.41) is 0. The van der Waals surface area contributed by atoms with Gasteiger partial charge in [0.1, 0.15) is 0 Å². The second-order valence-electron chi connectivity index (χ2n) is 7.08. The summed E-state index contributed by atoms with van der Waals surface area (Å²) in [6, 6.07) is 8.91. The molecule has 2 heterocycles. The van der Waals surface area contributed by atoms with Crippen LogP contribution < -0.4 is 4.90 Å². The summed E-state index contributed by atoms with van der Waals surface area (Å²) in [6.07, 6.45) is 1.22. The van der Waals surface area contributed by atoms with Gasteiger partial charge in [0.15, 0.2) is 0 Å². The quantitative estimate of drug-likeness (QED) is 0.723. The number of para-hydroxylation sites is 1. The minimum Gasteiger partial charge on any atom is -0.370 e. The van der Waals surface area contributed by atoms with E-state index in [9.17, 15) is 0 Å². The first-order valence-corrected chi connectivity index (χ1v) is 9.80. The molecule has 0 aromatic heterocycles. The number of benzene rings is 1. The molecule has 4 heteroatoms.